The number of nitrogens with zero attached hydrogens (tertiary/aromatic N) is 2. The van der Waals surface area contributed by atoms with E-state index in [0.29, 0.717) is 23.8 Å². The molecule has 1 atom stereocenters. The van der Waals surface area contributed by atoms with Crippen molar-refractivity contribution >= 4 is 17.5 Å². The van der Waals surface area contributed by atoms with Crippen LogP contribution >= 0.6 is 11.6 Å². The fourth-order valence-corrected chi connectivity index (χ4v) is 3.29. The highest BCUT2D eigenvalue weighted by Gasteiger charge is 2.27. The zero-order chi connectivity index (χ0) is 18.8. The maximum atomic E-state index is 12.3. The van der Waals surface area contributed by atoms with Crippen molar-refractivity contribution < 1.29 is 9.53 Å². The summed E-state index contributed by atoms with van der Waals surface area (Å²) in [6.45, 7) is 1.06. The first-order valence-electron chi connectivity index (χ1n) is 8.64. The van der Waals surface area contributed by atoms with Crippen molar-refractivity contribution in [1.82, 2.24) is 20.4 Å². The molecule has 0 radical (unpaired) electrons. The highest BCUT2D eigenvalue weighted by molar-refractivity contribution is 6.30. The number of carbonyl (C=O) groups is 1. The van der Waals surface area contributed by atoms with Crippen LogP contribution in [0.3, 0.4) is 0 Å². The third-order valence-corrected chi connectivity index (χ3v) is 4.83. The lowest BCUT2D eigenvalue weighted by Crippen LogP contribution is -2.45. The van der Waals surface area contributed by atoms with Gasteiger partial charge in [0.1, 0.15) is 17.6 Å². The highest BCUT2D eigenvalue weighted by atomic mass is 35.5. The van der Waals surface area contributed by atoms with E-state index in [1.165, 1.54) is 0 Å². The van der Waals surface area contributed by atoms with Crippen LogP contribution in [0.2, 0.25) is 5.02 Å². The van der Waals surface area contributed by atoms with Crippen LogP contribution in [-0.4, -0.2) is 29.3 Å². The van der Waals surface area contributed by atoms with Crippen LogP contribution in [0.1, 0.15) is 22.2 Å². The topological polar surface area (TPSA) is 68.2 Å². The monoisotopic (exact) mass is 382 g/mol. The lowest BCUT2D eigenvalue weighted by Gasteiger charge is -2.26. The molecule has 0 bridgehead atoms. The average Bonchev–Trinajstić information content (AvgIpc) is 3.15. The molecule has 6 nitrogen and oxygen atoms in total. The molecule has 0 saturated heterocycles. The first kappa shape index (κ1) is 17.6. The van der Waals surface area contributed by atoms with Crippen LogP contribution in [0, 0.1) is 0 Å². The molecule has 0 spiro atoms. The molecule has 4 rings (SSSR count). The summed E-state index contributed by atoms with van der Waals surface area (Å²) in [5.74, 6) is 0.699. The van der Waals surface area contributed by atoms with E-state index in [1.54, 1.807) is 17.9 Å². The van der Waals surface area contributed by atoms with Gasteiger partial charge in [0.25, 0.3) is 5.91 Å². The first-order chi connectivity index (χ1) is 13.2. The van der Waals surface area contributed by atoms with Crippen LogP contribution in [0.15, 0.2) is 54.6 Å². The molecule has 1 aliphatic heterocycles. The Labute approximate surface area is 162 Å². The molecule has 1 aliphatic rings. The molecule has 7 heteroatoms. The summed E-state index contributed by atoms with van der Waals surface area (Å²) in [5, 5.41) is 11.7. The fourth-order valence-electron chi connectivity index (χ4n) is 3.17. The van der Waals surface area contributed by atoms with E-state index in [4.69, 9.17) is 16.3 Å². The van der Waals surface area contributed by atoms with Gasteiger partial charge in [-0.1, -0.05) is 41.9 Å². The van der Waals surface area contributed by atoms with Crippen molar-refractivity contribution in [2.24, 2.45) is 0 Å². The van der Waals surface area contributed by atoms with Crippen molar-refractivity contribution in [1.29, 1.82) is 0 Å². The second-order valence-electron chi connectivity index (χ2n) is 6.28. The summed E-state index contributed by atoms with van der Waals surface area (Å²) >= 11 is 5.96. The molecule has 0 saturated carbocycles. The molecular formula is C20H19ClN4O2. The zero-order valence-electron chi connectivity index (χ0n) is 14.8. The molecule has 2 N–H and O–H groups in total. The Hall–Kier alpha value is -2.83. The van der Waals surface area contributed by atoms with E-state index >= 15 is 0 Å². The molecule has 1 aromatic heterocycles. The normalized spacial score (nSPS) is 15.9. The Bertz CT molecular complexity index is 968. The summed E-state index contributed by atoms with van der Waals surface area (Å²) in [4.78, 5) is 12.3. The number of rotatable bonds is 5. The largest absolute Gasteiger partial charge is 0.496 e. The standard InChI is InChI=1S/C20H19ClN4O2/c1-27-18-5-3-2-4-14(18)11-22-19-12-23-20(26)17-10-16(24-25(17)19)13-6-8-15(21)9-7-13/h2-10,19,22H,11-12H2,1H3,(H,23,26)/t19-/m0/s1. The summed E-state index contributed by atoms with van der Waals surface area (Å²) in [6.07, 6.45) is -0.149. The van der Waals surface area contributed by atoms with E-state index < -0.39 is 0 Å². The Morgan fingerprint density at radius 3 is 2.81 bits per heavy atom. The molecule has 2 heterocycles. The van der Waals surface area contributed by atoms with Crippen LogP contribution in [0.25, 0.3) is 11.3 Å². The Morgan fingerprint density at radius 1 is 1.26 bits per heavy atom. The Balaban J connectivity index is 1.59. The maximum absolute atomic E-state index is 12.3. The minimum atomic E-state index is -0.149. The van der Waals surface area contributed by atoms with Crippen molar-refractivity contribution in [3.05, 3.63) is 70.9 Å². The minimum Gasteiger partial charge on any atom is -0.496 e. The maximum Gasteiger partial charge on any atom is 0.269 e. The molecule has 1 amide bonds. The number of hydrogen-bond acceptors (Lipinski definition) is 4. The molecule has 138 valence electrons. The van der Waals surface area contributed by atoms with Crippen LogP contribution < -0.4 is 15.4 Å². The fraction of sp³-hybridized carbons (Fsp3) is 0.200. The molecule has 0 fully saturated rings. The van der Waals surface area contributed by atoms with Gasteiger partial charge in [0.05, 0.1) is 19.3 Å². The number of nitrogens with one attached hydrogen (secondary N) is 2. The van der Waals surface area contributed by atoms with E-state index in [-0.39, 0.29) is 12.1 Å². The first-order valence-corrected chi connectivity index (χ1v) is 9.02. The Kier molecular flexibility index (Phi) is 4.83. The third-order valence-electron chi connectivity index (χ3n) is 4.58. The van der Waals surface area contributed by atoms with Crippen LogP contribution in [0.5, 0.6) is 5.75 Å². The number of carbonyl (C=O) groups excluding carboxylic acids is 1. The molecular weight excluding hydrogens is 364 g/mol. The molecule has 3 aromatic rings. The predicted octanol–water partition coefficient (Wildman–Crippen LogP) is 3.24. The van der Waals surface area contributed by atoms with Gasteiger partial charge >= 0.3 is 0 Å². The smallest absolute Gasteiger partial charge is 0.269 e. The minimum absolute atomic E-state index is 0.127. The summed E-state index contributed by atoms with van der Waals surface area (Å²) < 4.78 is 7.15. The summed E-state index contributed by atoms with van der Waals surface area (Å²) in [6, 6.07) is 17.1. The van der Waals surface area contributed by atoms with Crippen molar-refractivity contribution in [3.8, 4) is 17.0 Å². The van der Waals surface area contributed by atoms with E-state index in [1.807, 2.05) is 48.5 Å². The highest BCUT2D eigenvalue weighted by Crippen LogP contribution is 2.25. The van der Waals surface area contributed by atoms with Gasteiger partial charge < -0.3 is 10.1 Å². The molecule has 27 heavy (non-hydrogen) atoms. The van der Waals surface area contributed by atoms with Gasteiger partial charge in [0.15, 0.2) is 0 Å². The number of amides is 1. The van der Waals surface area contributed by atoms with Gasteiger partial charge in [-0.2, -0.15) is 5.10 Å². The summed E-state index contributed by atoms with van der Waals surface area (Å²) in [7, 11) is 1.66. The van der Waals surface area contributed by atoms with Crippen molar-refractivity contribution in [2.75, 3.05) is 13.7 Å². The van der Waals surface area contributed by atoms with Crippen molar-refractivity contribution in [2.45, 2.75) is 12.7 Å². The second-order valence-corrected chi connectivity index (χ2v) is 6.72. The Morgan fingerprint density at radius 2 is 2.04 bits per heavy atom. The second kappa shape index (κ2) is 7.42. The predicted molar refractivity (Wildman–Crippen MR) is 104 cm³/mol. The van der Waals surface area contributed by atoms with Gasteiger partial charge in [-0.25, -0.2) is 4.68 Å². The lowest BCUT2D eigenvalue weighted by molar-refractivity contribution is 0.0900. The zero-order valence-corrected chi connectivity index (χ0v) is 15.5. The molecule has 0 unspecified atom stereocenters. The molecule has 2 aromatic carbocycles. The number of aromatic nitrogens is 2. The lowest BCUT2D eigenvalue weighted by atomic mass is 10.1. The van der Waals surface area contributed by atoms with E-state index in [2.05, 4.69) is 15.7 Å². The van der Waals surface area contributed by atoms with Gasteiger partial charge in [-0.3, -0.25) is 10.1 Å². The van der Waals surface area contributed by atoms with Gasteiger partial charge in [0, 0.05) is 22.7 Å². The van der Waals surface area contributed by atoms with Crippen LogP contribution in [0.4, 0.5) is 0 Å². The number of para-hydroxylation sites is 1. The van der Waals surface area contributed by atoms with Gasteiger partial charge in [-0.15, -0.1) is 0 Å². The molecule has 0 aliphatic carbocycles. The van der Waals surface area contributed by atoms with Crippen LogP contribution in [-0.2, 0) is 6.54 Å². The summed E-state index contributed by atoms with van der Waals surface area (Å²) in [5.41, 5.74) is 3.23. The van der Waals surface area contributed by atoms with Gasteiger partial charge in [0.2, 0.25) is 0 Å². The average molecular weight is 383 g/mol. The van der Waals surface area contributed by atoms with E-state index in [9.17, 15) is 4.79 Å². The SMILES string of the molecule is COc1ccccc1CN[C@@H]1CNC(=O)c2cc(-c3ccc(Cl)cc3)nn21. The number of methoxy groups -OCH3 is 1. The number of hydrogen-bond donors (Lipinski definition) is 2. The number of fused-ring (bicyclic) bond motifs is 1. The van der Waals surface area contributed by atoms with Crippen molar-refractivity contribution in [3.63, 3.8) is 0 Å². The number of ether oxygens (including phenoxy) is 1. The third kappa shape index (κ3) is 3.54. The van der Waals surface area contributed by atoms with E-state index in [0.717, 1.165) is 22.6 Å². The van der Waals surface area contributed by atoms with Gasteiger partial charge in [-0.05, 0) is 24.3 Å². The quantitative estimate of drug-likeness (QED) is 0.710. The number of halogens is 1. The number of benzene rings is 2.